The summed E-state index contributed by atoms with van der Waals surface area (Å²) in [7, 11) is 0. The third-order valence-electron chi connectivity index (χ3n) is 4.20. The fourth-order valence-corrected chi connectivity index (χ4v) is 3.01. The van der Waals surface area contributed by atoms with Gasteiger partial charge in [0.25, 0.3) is 0 Å². The second-order valence-electron chi connectivity index (χ2n) is 8.81. The summed E-state index contributed by atoms with van der Waals surface area (Å²) < 4.78 is 5.20. The van der Waals surface area contributed by atoms with E-state index in [0.717, 1.165) is 0 Å². The van der Waals surface area contributed by atoms with Crippen LogP contribution in [0.4, 0.5) is 4.79 Å². The molecule has 2 unspecified atom stereocenters. The Bertz CT molecular complexity index is 861. The van der Waals surface area contributed by atoms with Gasteiger partial charge in [-0.25, -0.2) is 4.79 Å². The molecule has 1 aromatic carbocycles. The molecule has 0 radical (unpaired) electrons. The Morgan fingerprint density at radius 3 is 2.18 bits per heavy atom. The second-order valence-corrected chi connectivity index (χ2v) is 8.81. The normalized spacial score (nSPS) is 12.9. The number of hydrogen-bond donors (Lipinski definition) is 4. The van der Waals surface area contributed by atoms with Gasteiger partial charge in [0.05, 0.1) is 6.42 Å². The van der Waals surface area contributed by atoms with Crippen molar-refractivity contribution in [1.29, 1.82) is 0 Å². The number of primary amides is 1. The van der Waals surface area contributed by atoms with E-state index >= 15 is 0 Å². The van der Waals surface area contributed by atoms with E-state index in [-0.39, 0.29) is 18.3 Å². The van der Waals surface area contributed by atoms with Crippen molar-refractivity contribution in [3.8, 4) is 5.75 Å². The number of rotatable bonds is 10. The van der Waals surface area contributed by atoms with Gasteiger partial charge in [0.2, 0.25) is 17.7 Å². The topological polar surface area (TPSA) is 151 Å². The standard InChI is InChI=1S/C23H34N4O6/c1-7-12-27(19(20(30)25-14(2)3)15-8-10-16(28)11-9-15)21(31)17(13-18(24)29)26-22(32)33-23(4,5)6/h7-11,14,17,19,28H,1,12-13H2,2-6H3,(H2,24,29)(H,25,30)(H,26,32). The van der Waals surface area contributed by atoms with Gasteiger partial charge in [-0.2, -0.15) is 0 Å². The van der Waals surface area contributed by atoms with E-state index in [1.807, 2.05) is 0 Å². The van der Waals surface area contributed by atoms with Crippen molar-refractivity contribution in [2.45, 2.75) is 64.8 Å². The van der Waals surface area contributed by atoms with Crippen molar-refractivity contribution in [1.82, 2.24) is 15.5 Å². The molecule has 0 spiro atoms. The fourth-order valence-electron chi connectivity index (χ4n) is 3.01. The molecule has 33 heavy (non-hydrogen) atoms. The summed E-state index contributed by atoms with van der Waals surface area (Å²) in [6.07, 6.45) is 0.0104. The summed E-state index contributed by atoms with van der Waals surface area (Å²) in [5.41, 5.74) is 4.89. The number of nitrogens with one attached hydrogen (secondary N) is 2. The number of hydrogen-bond acceptors (Lipinski definition) is 6. The van der Waals surface area contributed by atoms with Crippen molar-refractivity contribution < 1.29 is 29.0 Å². The third-order valence-corrected chi connectivity index (χ3v) is 4.20. The highest BCUT2D eigenvalue weighted by atomic mass is 16.6. The van der Waals surface area contributed by atoms with Crippen LogP contribution in [-0.4, -0.2) is 58.1 Å². The smallest absolute Gasteiger partial charge is 0.408 e. The number of phenols is 1. The Hall–Kier alpha value is -3.56. The maximum atomic E-state index is 13.5. The van der Waals surface area contributed by atoms with E-state index in [1.165, 1.54) is 35.2 Å². The summed E-state index contributed by atoms with van der Waals surface area (Å²) in [5, 5.41) is 14.8. The Morgan fingerprint density at radius 1 is 1.15 bits per heavy atom. The van der Waals surface area contributed by atoms with Gasteiger partial charge in [0.15, 0.2) is 0 Å². The van der Waals surface area contributed by atoms with Crippen molar-refractivity contribution >= 4 is 23.8 Å². The Kier molecular flexibility index (Phi) is 9.90. The van der Waals surface area contributed by atoms with Crippen LogP contribution in [-0.2, 0) is 19.1 Å². The first-order valence-corrected chi connectivity index (χ1v) is 10.5. The third kappa shape index (κ3) is 9.22. The molecule has 10 heteroatoms. The van der Waals surface area contributed by atoms with Gasteiger partial charge in [0.1, 0.15) is 23.4 Å². The summed E-state index contributed by atoms with van der Waals surface area (Å²) in [6.45, 7) is 12.1. The van der Waals surface area contributed by atoms with Gasteiger partial charge < -0.3 is 31.1 Å². The monoisotopic (exact) mass is 462 g/mol. The van der Waals surface area contributed by atoms with E-state index in [1.54, 1.807) is 34.6 Å². The summed E-state index contributed by atoms with van der Waals surface area (Å²) in [4.78, 5) is 51.8. The van der Waals surface area contributed by atoms with Crippen molar-refractivity contribution in [2.75, 3.05) is 6.54 Å². The molecule has 5 N–H and O–H groups in total. The van der Waals surface area contributed by atoms with Crippen molar-refractivity contribution in [3.63, 3.8) is 0 Å². The van der Waals surface area contributed by atoms with Gasteiger partial charge in [-0.05, 0) is 52.3 Å². The fraction of sp³-hybridized carbons (Fsp3) is 0.478. The number of alkyl carbamates (subject to hydrolysis) is 1. The summed E-state index contributed by atoms with van der Waals surface area (Å²) in [5.74, 6) is -2.05. The van der Waals surface area contributed by atoms with E-state index in [9.17, 15) is 24.3 Å². The first kappa shape index (κ1) is 27.5. The SMILES string of the molecule is C=CCN(C(=O)C(CC(N)=O)NC(=O)OC(C)(C)C)C(C(=O)NC(C)C)c1ccc(O)cc1. The predicted molar refractivity (Wildman–Crippen MR) is 123 cm³/mol. The van der Waals surface area contributed by atoms with E-state index < -0.39 is 47.9 Å². The van der Waals surface area contributed by atoms with Gasteiger partial charge in [-0.3, -0.25) is 14.4 Å². The molecule has 0 aromatic heterocycles. The van der Waals surface area contributed by atoms with Crippen LogP contribution in [0.15, 0.2) is 36.9 Å². The quantitative estimate of drug-likeness (QED) is 0.389. The number of carbonyl (C=O) groups is 4. The number of aromatic hydroxyl groups is 1. The zero-order valence-electron chi connectivity index (χ0n) is 19.8. The molecule has 0 aliphatic carbocycles. The minimum absolute atomic E-state index is 0.0124. The largest absolute Gasteiger partial charge is 0.508 e. The molecule has 0 saturated heterocycles. The lowest BCUT2D eigenvalue weighted by Gasteiger charge is -2.34. The molecule has 2 atom stereocenters. The van der Waals surface area contributed by atoms with Crippen LogP contribution >= 0.6 is 0 Å². The van der Waals surface area contributed by atoms with Crippen molar-refractivity contribution in [2.24, 2.45) is 5.73 Å². The Balaban J connectivity index is 3.41. The zero-order chi connectivity index (χ0) is 25.3. The number of carbonyl (C=O) groups excluding carboxylic acids is 4. The number of phenolic OH excluding ortho intramolecular Hbond substituents is 1. The van der Waals surface area contributed by atoms with Crippen LogP contribution in [0, 0.1) is 0 Å². The minimum Gasteiger partial charge on any atom is -0.508 e. The van der Waals surface area contributed by atoms with Crippen LogP contribution in [0.5, 0.6) is 5.75 Å². The van der Waals surface area contributed by atoms with Crippen LogP contribution in [0.1, 0.15) is 52.6 Å². The lowest BCUT2D eigenvalue weighted by atomic mass is 10.0. The summed E-state index contributed by atoms with van der Waals surface area (Å²) >= 11 is 0. The number of benzene rings is 1. The van der Waals surface area contributed by atoms with E-state index in [4.69, 9.17) is 10.5 Å². The molecular weight excluding hydrogens is 428 g/mol. The molecular formula is C23H34N4O6. The van der Waals surface area contributed by atoms with Crippen LogP contribution in [0.3, 0.4) is 0 Å². The summed E-state index contributed by atoms with van der Waals surface area (Å²) in [6, 6.07) is 3.07. The highest BCUT2D eigenvalue weighted by Crippen LogP contribution is 2.25. The molecule has 0 aliphatic rings. The molecule has 0 heterocycles. The maximum Gasteiger partial charge on any atom is 0.408 e. The lowest BCUT2D eigenvalue weighted by Crippen LogP contribution is -2.54. The molecule has 0 fully saturated rings. The van der Waals surface area contributed by atoms with Gasteiger partial charge >= 0.3 is 6.09 Å². The number of ether oxygens (including phenoxy) is 1. The van der Waals surface area contributed by atoms with Crippen LogP contribution in [0.2, 0.25) is 0 Å². The number of amides is 4. The Morgan fingerprint density at radius 2 is 1.73 bits per heavy atom. The Labute approximate surface area is 194 Å². The highest BCUT2D eigenvalue weighted by molar-refractivity contribution is 5.94. The average Bonchev–Trinajstić information content (AvgIpc) is 2.65. The van der Waals surface area contributed by atoms with E-state index in [2.05, 4.69) is 17.2 Å². The molecule has 0 bridgehead atoms. The van der Waals surface area contributed by atoms with E-state index in [0.29, 0.717) is 5.56 Å². The molecule has 182 valence electrons. The van der Waals surface area contributed by atoms with Gasteiger partial charge in [0, 0.05) is 12.6 Å². The molecule has 4 amide bonds. The lowest BCUT2D eigenvalue weighted by molar-refractivity contribution is -0.142. The average molecular weight is 463 g/mol. The molecule has 1 aromatic rings. The second kappa shape index (κ2) is 11.9. The molecule has 10 nitrogen and oxygen atoms in total. The number of nitrogens with zero attached hydrogens (tertiary/aromatic N) is 1. The maximum absolute atomic E-state index is 13.5. The molecule has 1 rings (SSSR count). The first-order chi connectivity index (χ1) is 15.2. The predicted octanol–water partition coefficient (Wildman–Crippen LogP) is 1.74. The minimum atomic E-state index is -1.37. The van der Waals surface area contributed by atoms with Crippen molar-refractivity contribution in [3.05, 3.63) is 42.5 Å². The zero-order valence-corrected chi connectivity index (χ0v) is 19.8. The molecule has 0 saturated carbocycles. The van der Waals surface area contributed by atoms with Crippen LogP contribution < -0.4 is 16.4 Å². The highest BCUT2D eigenvalue weighted by Gasteiger charge is 2.36. The van der Waals surface area contributed by atoms with Gasteiger partial charge in [-0.1, -0.05) is 18.2 Å². The molecule has 0 aliphatic heterocycles. The van der Waals surface area contributed by atoms with Gasteiger partial charge in [-0.15, -0.1) is 6.58 Å². The van der Waals surface area contributed by atoms with Crippen LogP contribution in [0.25, 0.3) is 0 Å². The first-order valence-electron chi connectivity index (χ1n) is 10.5. The number of nitrogens with two attached hydrogens (primary N) is 1.